The Kier molecular flexibility index (Phi) is 5.75. The molecular weight excluding hydrogens is 302 g/mol. The molecule has 0 spiro atoms. The maximum Gasteiger partial charge on any atom is 0.171 e. The van der Waals surface area contributed by atoms with E-state index in [1.807, 2.05) is 51.1 Å². The van der Waals surface area contributed by atoms with Crippen LogP contribution in [0, 0.1) is 0 Å². The fourth-order valence-corrected chi connectivity index (χ4v) is 2.43. The number of methoxy groups -OCH3 is 1. The Morgan fingerprint density at radius 3 is 2.17 bits per heavy atom. The lowest BCUT2D eigenvalue weighted by Crippen LogP contribution is -2.42. The molecule has 0 heterocycles. The summed E-state index contributed by atoms with van der Waals surface area (Å²) in [4.78, 5) is 13.0. The molecule has 128 valence electrons. The second kappa shape index (κ2) is 7.60. The van der Waals surface area contributed by atoms with E-state index in [0.29, 0.717) is 11.3 Å². The van der Waals surface area contributed by atoms with E-state index in [1.54, 1.807) is 31.4 Å². The number of carbonyl (C=O) groups is 1. The molecule has 2 rings (SSSR count). The molecule has 0 aliphatic carbocycles. The predicted molar refractivity (Wildman–Crippen MR) is 94.8 cm³/mol. The first-order valence-electron chi connectivity index (χ1n) is 8.02. The maximum atomic E-state index is 13.0. The summed E-state index contributed by atoms with van der Waals surface area (Å²) in [6, 6.07) is 16.6. The molecule has 2 aromatic rings. The molecule has 0 aromatic heterocycles. The van der Waals surface area contributed by atoms with Gasteiger partial charge in [-0.1, -0.05) is 30.3 Å². The Bertz CT molecular complexity index is 660. The number of hydrogen-bond acceptors (Lipinski definition) is 4. The summed E-state index contributed by atoms with van der Waals surface area (Å²) < 4.78 is 5.14. The van der Waals surface area contributed by atoms with Gasteiger partial charge < -0.3 is 9.94 Å². The van der Waals surface area contributed by atoms with Gasteiger partial charge in [-0.15, -0.1) is 0 Å². The fraction of sp³-hybridized carbons (Fsp3) is 0.350. The summed E-state index contributed by atoms with van der Waals surface area (Å²) in [5, 5.41) is 11.6. The lowest BCUT2D eigenvalue weighted by atomic mass is 9.89. The minimum atomic E-state index is -0.441. The molecule has 0 fully saturated rings. The van der Waals surface area contributed by atoms with Crippen LogP contribution in [0.5, 0.6) is 5.75 Å². The van der Waals surface area contributed by atoms with Crippen LogP contribution in [0.15, 0.2) is 54.6 Å². The highest BCUT2D eigenvalue weighted by Gasteiger charge is 2.28. The Hall–Kier alpha value is -2.17. The van der Waals surface area contributed by atoms with Crippen molar-refractivity contribution in [1.82, 2.24) is 5.06 Å². The van der Waals surface area contributed by atoms with Crippen molar-refractivity contribution in [2.45, 2.75) is 32.2 Å². The molecule has 0 saturated heterocycles. The summed E-state index contributed by atoms with van der Waals surface area (Å²) in [6.45, 7) is 5.96. The monoisotopic (exact) mass is 327 g/mol. The number of nitrogens with zero attached hydrogens (tertiary/aromatic N) is 1. The topological polar surface area (TPSA) is 49.8 Å². The van der Waals surface area contributed by atoms with Crippen LogP contribution >= 0.6 is 0 Å². The van der Waals surface area contributed by atoms with Crippen molar-refractivity contribution in [3.05, 3.63) is 65.7 Å². The van der Waals surface area contributed by atoms with Crippen molar-refractivity contribution >= 4 is 5.78 Å². The van der Waals surface area contributed by atoms with Crippen LogP contribution in [0.25, 0.3) is 0 Å². The van der Waals surface area contributed by atoms with Crippen LogP contribution < -0.4 is 4.74 Å². The van der Waals surface area contributed by atoms with E-state index in [0.717, 1.165) is 5.56 Å². The molecule has 1 atom stereocenters. The molecule has 0 unspecified atom stereocenters. The first-order chi connectivity index (χ1) is 11.3. The minimum absolute atomic E-state index is 0.0212. The third-order valence-electron chi connectivity index (χ3n) is 4.02. The molecule has 0 saturated carbocycles. The largest absolute Gasteiger partial charge is 0.497 e. The first-order valence-corrected chi connectivity index (χ1v) is 8.02. The molecule has 0 amide bonds. The van der Waals surface area contributed by atoms with E-state index in [4.69, 9.17) is 4.74 Å². The predicted octanol–water partition coefficient (Wildman–Crippen LogP) is 4.15. The average molecular weight is 327 g/mol. The van der Waals surface area contributed by atoms with Gasteiger partial charge in [-0.3, -0.25) is 4.79 Å². The summed E-state index contributed by atoms with van der Waals surface area (Å²) >= 11 is 0. The lowest BCUT2D eigenvalue weighted by molar-refractivity contribution is -0.156. The smallest absolute Gasteiger partial charge is 0.171 e. The second-order valence-corrected chi connectivity index (χ2v) is 6.81. The van der Waals surface area contributed by atoms with Crippen molar-refractivity contribution < 1.29 is 14.7 Å². The Morgan fingerprint density at radius 1 is 1.08 bits per heavy atom. The third-order valence-corrected chi connectivity index (χ3v) is 4.02. The van der Waals surface area contributed by atoms with Gasteiger partial charge in [0, 0.05) is 17.6 Å². The minimum Gasteiger partial charge on any atom is -0.497 e. The van der Waals surface area contributed by atoms with Gasteiger partial charge in [-0.05, 0) is 50.6 Å². The van der Waals surface area contributed by atoms with E-state index in [9.17, 15) is 10.0 Å². The van der Waals surface area contributed by atoms with Crippen molar-refractivity contribution in [2.75, 3.05) is 13.7 Å². The third kappa shape index (κ3) is 4.43. The van der Waals surface area contributed by atoms with Gasteiger partial charge in [0.05, 0.1) is 13.0 Å². The molecule has 24 heavy (non-hydrogen) atoms. The van der Waals surface area contributed by atoms with Crippen LogP contribution in [0.4, 0.5) is 0 Å². The van der Waals surface area contributed by atoms with E-state index in [-0.39, 0.29) is 12.3 Å². The fourth-order valence-electron chi connectivity index (χ4n) is 2.43. The highest BCUT2D eigenvalue weighted by Crippen LogP contribution is 2.25. The second-order valence-electron chi connectivity index (χ2n) is 6.81. The van der Waals surface area contributed by atoms with Crippen LogP contribution in [-0.4, -0.2) is 35.2 Å². The van der Waals surface area contributed by atoms with Crippen molar-refractivity contribution in [3.63, 3.8) is 0 Å². The van der Waals surface area contributed by atoms with Gasteiger partial charge in [-0.2, -0.15) is 5.06 Å². The molecule has 0 aliphatic rings. The van der Waals surface area contributed by atoms with E-state index in [2.05, 4.69) is 0 Å². The first kappa shape index (κ1) is 18.2. The zero-order chi connectivity index (χ0) is 17.7. The number of hydroxylamine groups is 2. The molecule has 1 N–H and O–H groups in total. The zero-order valence-electron chi connectivity index (χ0n) is 14.7. The molecule has 0 aliphatic heterocycles. The molecule has 0 radical (unpaired) electrons. The van der Waals surface area contributed by atoms with Crippen molar-refractivity contribution in [2.24, 2.45) is 0 Å². The van der Waals surface area contributed by atoms with Gasteiger partial charge >= 0.3 is 0 Å². The molecular formula is C20H25NO3. The summed E-state index contributed by atoms with van der Waals surface area (Å²) in [7, 11) is 1.59. The summed E-state index contributed by atoms with van der Waals surface area (Å²) in [5.41, 5.74) is 1.06. The normalized spacial score (nSPS) is 12.9. The Morgan fingerprint density at radius 2 is 1.67 bits per heavy atom. The van der Waals surface area contributed by atoms with E-state index >= 15 is 0 Å². The highest BCUT2D eigenvalue weighted by molar-refractivity contribution is 6.01. The standard InChI is InChI=1S/C20H25NO3/c1-20(2,3)21(23)14-18(15-8-6-5-7-9-15)19(22)16-10-12-17(24-4)13-11-16/h5-13,18,23H,14H2,1-4H3/t18-/m1/s1. The van der Waals surface area contributed by atoms with E-state index in [1.165, 1.54) is 5.06 Å². The SMILES string of the molecule is COc1ccc(C(=O)[C@H](CN(O)C(C)(C)C)c2ccccc2)cc1. The number of ketones is 1. The zero-order valence-corrected chi connectivity index (χ0v) is 14.7. The van der Waals surface area contributed by atoms with Crippen molar-refractivity contribution in [1.29, 1.82) is 0 Å². The number of benzene rings is 2. The number of carbonyl (C=O) groups excluding carboxylic acids is 1. The summed E-state index contributed by atoms with van der Waals surface area (Å²) in [6.07, 6.45) is 0. The molecule has 4 heteroatoms. The van der Waals surface area contributed by atoms with Gasteiger partial charge in [-0.25, -0.2) is 0 Å². The van der Waals surface area contributed by atoms with Gasteiger partial charge in [0.2, 0.25) is 0 Å². The van der Waals surface area contributed by atoms with Crippen LogP contribution in [0.1, 0.15) is 42.6 Å². The van der Waals surface area contributed by atoms with Crippen LogP contribution in [0.3, 0.4) is 0 Å². The summed E-state index contributed by atoms with van der Waals surface area (Å²) in [5.74, 6) is 0.247. The van der Waals surface area contributed by atoms with Crippen LogP contribution in [-0.2, 0) is 0 Å². The van der Waals surface area contributed by atoms with Crippen LogP contribution in [0.2, 0.25) is 0 Å². The van der Waals surface area contributed by atoms with E-state index < -0.39 is 11.5 Å². The lowest BCUT2D eigenvalue weighted by Gasteiger charge is -2.32. The number of ether oxygens (including phenoxy) is 1. The molecule has 0 bridgehead atoms. The van der Waals surface area contributed by atoms with Gasteiger partial charge in [0.25, 0.3) is 0 Å². The maximum absolute atomic E-state index is 13.0. The highest BCUT2D eigenvalue weighted by atomic mass is 16.5. The number of rotatable bonds is 6. The number of hydrogen-bond donors (Lipinski definition) is 1. The van der Waals surface area contributed by atoms with Gasteiger partial charge in [0.15, 0.2) is 5.78 Å². The molecule has 2 aromatic carbocycles. The Labute approximate surface area is 143 Å². The van der Waals surface area contributed by atoms with Gasteiger partial charge in [0.1, 0.15) is 5.75 Å². The molecule has 4 nitrogen and oxygen atoms in total. The Balaban J connectivity index is 2.32. The quantitative estimate of drug-likeness (QED) is 0.639. The van der Waals surface area contributed by atoms with Crippen molar-refractivity contribution in [3.8, 4) is 5.75 Å². The number of Topliss-reactive ketones (excluding diaryl/α,β-unsaturated/α-hetero) is 1. The average Bonchev–Trinajstić information content (AvgIpc) is 2.59.